The van der Waals surface area contributed by atoms with Gasteiger partial charge in [0.2, 0.25) is 11.7 Å². The first kappa shape index (κ1) is 17.4. The predicted octanol–water partition coefficient (Wildman–Crippen LogP) is 2.03. The van der Waals surface area contributed by atoms with Gasteiger partial charge in [-0.05, 0) is 24.8 Å². The van der Waals surface area contributed by atoms with Gasteiger partial charge in [0.1, 0.15) is 6.10 Å². The molecular formula is C18H24N2O5. The van der Waals surface area contributed by atoms with E-state index in [1.54, 1.807) is 21.3 Å². The Hall–Kier alpha value is -2.41. The van der Waals surface area contributed by atoms with Gasteiger partial charge in [0.05, 0.1) is 26.8 Å². The van der Waals surface area contributed by atoms with Crippen molar-refractivity contribution in [3.05, 3.63) is 17.8 Å². The molecule has 1 atom stereocenters. The lowest BCUT2D eigenvalue weighted by Gasteiger charge is -2.14. The Morgan fingerprint density at radius 1 is 1.28 bits per heavy atom. The van der Waals surface area contributed by atoms with E-state index < -0.39 is 0 Å². The molecule has 0 spiro atoms. The molecule has 2 N–H and O–H groups in total. The van der Waals surface area contributed by atoms with E-state index in [1.165, 1.54) is 0 Å². The average Bonchev–Trinajstić information content (AvgIpc) is 3.30. The summed E-state index contributed by atoms with van der Waals surface area (Å²) in [7, 11) is 4.78. The normalized spacial score (nSPS) is 16.8. The van der Waals surface area contributed by atoms with Gasteiger partial charge in [-0.15, -0.1) is 0 Å². The average molecular weight is 348 g/mol. The van der Waals surface area contributed by atoms with Gasteiger partial charge in [-0.25, -0.2) is 0 Å². The third kappa shape index (κ3) is 3.37. The number of hydrogen-bond acceptors (Lipinski definition) is 5. The molecule has 1 unspecified atom stereocenters. The zero-order chi connectivity index (χ0) is 17.8. The summed E-state index contributed by atoms with van der Waals surface area (Å²) in [5.41, 5.74) is 1.94. The Balaban J connectivity index is 1.78. The number of aromatic nitrogens is 1. The van der Waals surface area contributed by atoms with Crippen molar-refractivity contribution in [2.45, 2.75) is 25.4 Å². The molecule has 1 aromatic carbocycles. The molecular weight excluding hydrogens is 324 g/mol. The molecule has 7 heteroatoms. The number of fused-ring (bicyclic) bond motifs is 1. The number of ether oxygens (including phenoxy) is 4. The second kappa shape index (κ2) is 7.65. The molecule has 1 aliphatic rings. The first-order valence-electron chi connectivity index (χ1n) is 8.37. The van der Waals surface area contributed by atoms with Crippen LogP contribution >= 0.6 is 0 Å². The summed E-state index contributed by atoms with van der Waals surface area (Å²) in [4.78, 5) is 15.3. The Morgan fingerprint density at radius 3 is 2.72 bits per heavy atom. The molecule has 1 saturated heterocycles. The van der Waals surface area contributed by atoms with Crippen LogP contribution in [0.1, 0.15) is 18.4 Å². The zero-order valence-corrected chi connectivity index (χ0v) is 14.8. The number of benzene rings is 1. The summed E-state index contributed by atoms with van der Waals surface area (Å²) in [6.45, 7) is 1.20. The van der Waals surface area contributed by atoms with Crippen LogP contribution in [0.25, 0.3) is 10.9 Å². The molecule has 0 bridgehead atoms. The predicted molar refractivity (Wildman–Crippen MR) is 93.6 cm³/mol. The summed E-state index contributed by atoms with van der Waals surface area (Å²) in [5.74, 6) is 1.75. The van der Waals surface area contributed by atoms with Crippen LogP contribution < -0.4 is 19.5 Å². The van der Waals surface area contributed by atoms with E-state index in [1.807, 2.05) is 12.3 Å². The maximum atomic E-state index is 12.0. The van der Waals surface area contributed by atoms with Crippen molar-refractivity contribution in [1.82, 2.24) is 10.3 Å². The van der Waals surface area contributed by atoms with Crippen LogP contribution in [0.15, 0.2) is 12.3 Å². The first-order chi connectivity index (χ1) is 12.2. The highest BCUT2D eigenvalue weighted by Crippen LogP contribution is 2.44. The van der Waals surface area contributed by atoms with E-state index in [2.05, 4.69) is 10.3 Å². The fraction of sp³-hybridized carbons (Fsp3) is 0.500. The number of carbonyl (C=O) groups is 1. The SMILES string of the molecule is COc1cc2[nH]cc(CCNC(=O)C3CCCO3)c2c(OC)c1OC. The standard InChI is InChI=1S/C18H24N2O5/c1-22-14-9-12-15(17(24-3)16(14)23-2)11(10-20-12)6-7-19-18(21)13-5-4-8-25-13/h9-10,13,20H,4-8H2,1-3H3,(H,19,21). The first-order valence-corrected chi connectivity index (χ1v) is 8.37. The minimum atomic E-state index is -0.304. The topological polar surface area (TPSA) is 81.8 Å². The third-order valence-electron chi connectivity index (χ3n) is 4.47. The maximum absolute atomic E-state index is 12.0. The highest BCUT2D eigenvalue weighted by molar-refractivity contribution is 5.94. The second-order valence-corrected chi connectivity index (χ2v) is 5.92. The highest BCUT2D eigenvalue weighted by Gasteiger charge is 2.23. The maximum Gasteiger partial charge on any atom is 0.249 e. The van der Waals surface area contributed by atoms with Gasteiger partial charge < -0.3 is 29.2 Å². The van der Waals surface area contributed by atoms with Gasteiger partial charge in [0.15, 0.2) is 11.5 Å². The van der Waals surface area contributed by atoms with E-state index in [4.69, 9.17) is 18.9 Å². The minimum Gasteiger partial charge on any atom is -0.493 e. The molecule has 1 amide bonds. The van der Waals surface area contributed by atoms with E-state index in [9.17, 15) is 4.79 Å². The van der Waals surface area contributed by atoms with Crippen LogP contribution in [-0.4, -0.2) is 51.5 Å². The molecule has 2 aromatic rings. The van der Waals surface area contributed by atoms with Gasteiger partial charge in [-0.3, -0.25) is 4.79 Å². The van der Waals surface area contributed by atoms with E-state index >= 15 is 0 Å². The lowest BCUT2D eigenvalue weighted by atomic mass is 10.1. The smallest absolute Gasteiger partial charge is 0.249 e. The fourth-order valence-electron chi connectivity index (χ4n) is 3.24. The van der Waals surface area contributed by atoms with Crippen molar-refractivity contribution in [1.29, 1.82) is 0 Å². The van der Waals surface area contributed by atoms with Crippen LogP contribution in [0.4, 0.5) is 0 Å². The van der Waals surface area contributed by atoms with Gasteiger partial charge in [0, 0.05) is 30.8 Å². The van der Waals surface area contributed by atoms with Gasteiger partial charge in [-0.2, -0.15) is 0 Å². The Labute approximate surface area is 146 Å². The molecule has 7 nitrogen and oxygen atoms in total. The van der Waals surface area contributed by atoms with Crippen molar-refractivity contribution in [2.75, 3.05) is 34.5 Å². The molecule has 0 radical (unpaired) electrons. The number of hydrogen-bond donors (Lipinski definition) is 2. The molecule has 2 heterocycles. The van der Waals surface area contributed by atoms with Gasteiger partial charge in [0.25, 0.3) is 0 Å². The number of carbonyl (C=O) groups excluding carboxylic acids is 1. The quantitative estimate of drug-likeness (QED) is 0.800. The van der Waals surface area contributed by atoms with Crippen LogP contribution in [0, 0.1) is 0 Å². The summed E-state index contributed by atoms with van der Waals surface area (Å²) in [6, 6.07) is 1.88. The zero-order valence-electron chi connectivity index (χ0n) is 14.8. The third-order valence-corrected chi connectivity index (χ3v) is 4.47. The monoisotopic (exact) mass is 348 g/mol. The van der Waals surface area contributed by atoms with E-state index in [-0.39, 0.29) is 12.0 Å². The van der Waals surface area contributed by atoms with Crippen molar-refractivity contribution in [2.24, 2.45) is 0 Å². The molecule has 1 aromatic heterocycles. The largest absolute Gasteiger partial charge is 0.493 e. The number of rotatable bonds is 7. The Morgan fingerprint density at radius 2 is 2.08 bits per heavy atom. The lowest BCUT2D eigenvalue weighted by molar-refractivity contribution is -0.129. The molecule has 0 saturated carbocycles. The molecule has 25 heavy (non-hydrogen) atoms. The number of methoxy groups -OCH3 is 3. The van der Waals surface area contributed by atoms with E-state index in [0.29, 0.717) is 36.8 Å². The summed E-state index contributed by atoms with van der Waals surface area (Å²) in [6.07, 6.45) is 4.03. The minimum absolute atomic E-state index is 0.0384. The second-order valence-electron chi connectivity index (χ2n) is 5.92. The molecule has 0 aliphatic carbocycles. The van der Waals surface area contributed by atoms with Crippen LogP contribution in [-0.2, 0) is 16.0 Å². The van der Waals surface area contributed by atoms with E-state index in [0.717, 1.165) is 29.3 Å². The molecule has 136 valence electrons. The van der Waals surface area contributed by atoms with Crippen molar-refractivity contribution in [3.63, 3.8) is 0 Å². The van der Waals surface area contributed by atoms with Crippen LogP contribution in [0.2, 0.25) is 0 Å². The van der Waals surface area contributed by atoms with Gasteiger partial charge in [-0.1, -0.05) is 0 Å². The summed E-state index contributed by atoms with van der Waals surface area (Å²) < 4.78 is 21.8. The van der Waals surface area contributed by atoms with Crippen molar-refractivity contribution < 1.29 is 23.7 Å². The number of aromatic amines is 1. The van der Waals surface area contributed by atoms with Gasteiger partial charge >= 0.3 is 0 Å². The summed E-state index contributed by atoms with van der Waals surface area (Å²) in [5, 5.41) is 3.88. The Kier molecular flexibility index (Phi) is 5.33. The lowest BCUT2D eigenvalue weighted by Crippen LogP contribution is -2.35. The molecule has 1 fully saturated rings. The molecule has 3 rings (SSSR count). The fourth-order valence-corrected chi connectivity index (χ4v) is 3.24. The van der Waals surface area contributed by atoms with Crippen LogP contribution in [0.3, 0.4) is 0 Å². The number of nitrogens with one attached hydrogen (secondary N) is 2. The number of H-pyrrole nitrogens is 1. The van der Waals surface area contributed by atoms with Crippen molar-refractivity contribution >= 4 is 16.8 Å². The Bertz CT molecular complexity index is 749. The van der Waals surface area contributed by atoms with Crippen molar-refractivity contribution in [3.8, 4) is 17.2 Å². The highest BCUT2D eigenvalue weighted by atomic mass is 16.5. The molecule has 1 aliphatic heterocycles. The number of amides is 1. The summed E-state index contributed by atoms with van der Waals surface area (Å²) >= 11 is 0. The van der Waals surface area contributed by atoms with Crippen LogP contribution in [0.5, 0.6) is 17.2 Å².